The van der Waals surface area contributed by atoms with Crippen molar-refractivity contribution >= 4 is 21.6 Å². The van der Waals surface area contributed by atoms with Crippen LogP contribution < -0.4 is 9.46 Å². The summed E-state index contributed by atoms with van der Waals surface area (Å²) in [6.07, 6.45) is 1.51. The van der Waals surface area contributed by atoms with Crippen LogP contribution >= 0.6 is 11.6 Å². The van der Waals surface area contributed by atoms with Crippen LogP contribution in [-0.2, 0) is 16.6 Å². The zero-order chi connectivity index (χ0) is 18.6. The van der Waals surface area contributed by atoms with E-state index in [1.54, 1.807) is 42.5 Å². The molecule has 3 aromatic rings. The topological polar surface area (TPSA) is 81.2 Å². The number of methoxy groups -OCH3 is 1. The summed E-state index contributed by atoms with van der Waals surface area (Å²) in [5, 5.41) is 0.651. The Bertz CT molecular complexity index is 991. The molecular weight excluding hydrogens is 374 g/mol. The van der Waals surface area contributed by atoms with Gasteiger partial charge in [0.15, 0.2) is 0 Å². The summed E-state index contributed by atoms with van der Waals surface area (Å²) < 4.78 is 32.3. The first-order chi connectivity index (χ1) is 12.5. The summed E-state index contributed by atoms with van der Waals surface area (Å²) in [5.41, 5.74) is 2.37. The molecule has 0 amide bonds. The summed E-state index contributed by atoms with van der Waals surface area (Å²) in [6.45, 7) is 0.0418. The number of sulfonamides is 1. The molecule has 1 N–H and O–H groups in total. The molecule has 0 atom stereocenters. The largest absolute Gasteiger partial charge is 0.467 e. The third-order valence-electron chi connectivity index (χ3n) is 3.66. The first kappa shape index (κ1) is 18.3. The molecule has 1 aromatic heterocycles. The molecule has 0 spiro atoms. The Morgan fingerprint density at radius 2 is 1.62 bits per heavy atom. The van der Waals surface area contributed by atoms with Crippen molar-refractivity contribution in [1.29, 1.82) is 0 Å². The molecule has 8 heteroatoms. The fourth-order valence-corrected chi connectivity index (χ4v) is 3.42. The third-order valence-corrected chi connectivity index (χ3v) is 5.33. The van der Waals surface area contributed by atoms with Gasteiger partial charge in [-0.25, -0.2) is 18.1 Å². The van der Waals surface area contributed by atoms with Crippen LogP contribution in [0.25, 0.3) is 11.1 Å². The lowest BCUT2D eigenvalue weighted by atomic mass is 10.1. The van der Waals surface area contributed by atoms with Crippen LogP contribution in [0.2, 0.25) is 5.02 Å². The summed E-state index contributed by atoms with van der Waals surface area (Å²) in [7, 11) is -2.21. The minimum atomic E-state index is -3.66. The molecule has 134 valence electrons. The van der Waals surface area contributed by atoms with Gasteiger partial charge in [-0.05, 0) is 41.5 Å². The number of ether oxygens (including phenoxy) is 1. The zero-order valence-corrected chi connectivity index (χ0v) is 15.5. The number of nitrogens with one attached hydrogen (secondary N) is 1. The van der Waals surface area contributed by atoms with E-state index in [0.29, 0.717) is 10.7 Å². The lowest BCUT2D eigenvalue weighted by Crippen LogP contribution is -2.23. The SMILES string of the molecule is COc1nccc(CNS(=O)(=O)c2ccc(-c3ccc(Cl)cc3)cc2)n1. The Morgan fingerprint density at radius 1 is 1.00 bits per heavy atom. The second kappa shape index (κ2) is 7.82. The van der Waals surface area contributed by atoms with Crippen molar-refractivity contribution in [3.63, 3.8) is 0 Å². The van der Waals surface area contributed by atoms with Crippen LogP contribution in [0, 0.1) is 0 Å². The number of rotatable bonds is 6. The maximum absolute atomic E-state index is 12.4. The van der Waals surface area contributed by atoms with Gasteiger partial charge >= 0.3 is 6.01 Å². The first-order valence-electron chi connectivity index (χ1n) is 7.69. The minimum Gasteiger partial charge on any atom is -0.467 e. The van der Waals surface area contributed by atoms with Gasteiger partial charge in [0.2, 0.25) is 10.0 Å². The van der Waals surface area contributed by atoms with Gasteiger partial charge < -0.3 is 4.74 Å². The molecule has 26 heavy (non-hydrogen) atoms. The molecule has 0 saturated carbocycles. The Hall–Kier alpha value is -2.48. The Balaban J connectivity index is 1.73. The Kier molecular flexibility index (Phi) is 5.51. The van der Waals surface area contributed by atoms with Crippen LogP contribution in [0.15, 0.2) is 65.7 Å². The van der Waals surface area contributed by atoms with E-state index in [9.17, 15) is 8.42 Å². The molecule has 6 nitrogen and oxygen atoms in total. The molecule has 0 aliphatic carbocycles. The average molecular weight is 390 g/mol. The second-order valence-electron chi connectivity index (χ2n) is 5.39. The van der Waals surface area contributed by atoms with Crippen molar-refractivity contribution in [2.45, 2.75) is 11.4 Å². The molecule has 0 aliphatic heterocycles. The van der Waals surface area contributed by atoms with Crippen molar-refractivity contribution in [3.05, 3.63) is 71.5 Å². The Morgan fingerprint density at radius 3 is 2.23 bits per heavy atom. The molecule has 3 rings (SSSR count). The predicted octanol–water partition coefficient (Wildman–Crippen LogP) is 3.28. The molecular formula is C18H16ClN3O3S. The highest BCUT2D eigenvalue weighted by atomic mass is 35.5. The summed E-state index contributed by atoms with van der Waals surface area (Å²) >= 11 is 5.88. The monoisotopic (exact) mass is 389 g/mol. The van der Waals surface area contributed by atoms with Crippen molar-refractivity contribution in [3.8, 4) is 17.1 Å². The highest BCUT2D eigenvalue weighted by Crippen LogP contribution is 2.23. The molecule has 1 heterocycles. The van der Waals surface area contributed by atoms with E-state index in [1.807, 2.05) is 12.1 Å². The predicted molar refractivity (Wildman–Crippen MR) is 99.5 cm³/mol. The van der Waals surface area contributed by atoms with Crippen LogP contribution in [-0.4, -0.2) is 25.5 Å². The van der Waals surface area contributed by atoms with Crippen LogP contribution in [0.3, 0.4) is 0 Å². The zero-order valence-electron chi connectivity index (χ0n) is 13.9. The number of hydrogen-bond donors (Lipinski definition) is 1. The van der Waals surface area contributed by atoms with Gasteiger partial charge in [-0.1, -0.05) is 35.9 Å². The van der Waals surface area contributed by atoms with Crippen molar-refractivity contribution in [1.82, 2.24) is 14.7 Å². The van der Waals surface area contributed by atoms with Gasteiger partial charge in [0.1, 0.15) is 0 Å². The van der Waals surface area contributed by atoms with Crippen LogP contribution in [0.1, 0.15) is 5.69 Å². The molecule has 0 unspecified atom stereocenters. The molecule has 0 saturated heterocycles. The van der Waals surface area contributed by atoms with E-state index < -0.39 is 10.0 Å². The standard InChI is InChI=1S/C18H16ClN3O3S/c1-25-18-20-11-10-16(22-18)12-21-26(23,24)17-8-4-14(5-9-17)13-2-6-15(19)7-3-13/h2-11,21H,12H2,1H3. The molecule has 0 bridgehead atoms. The number of halogens is 1. The molecule has 0 aliphatic rings. The first-order valence-corrected chi connectivity index (χ1v) is 9.55. The number of hydrogen-bond acceptors (Lipinski definition) is 5. The lowest BCUT2D eigenvalue weighted by Gasteiger charge is -2.08. The smallest absolute Gasteiger partial charge is 0.316 e. The van der Waals surface area contributed by atoms with Crippen molar-refractivity contribution in [2.24, 2.45) is 0 Å². The molecule has 0 fully saturated rings. The van der Waals surface area contributed by atoms with E-state index in [0.717, 1.165) is 11.1 Å². The third kappa shape index (κ3) is 4.37. The maximum Gasteiger partial charge on any atom is 0.316 e. The van der Waals surface area contributed by atoms with Gasteiger partial charge in [0, 0.05) is 11.2 Å². The van der Waals surface area contributed by atoms with Crippen molar-refractivity contribution < 1.29 is 13.2 Å². The van der Waals surface area contributed by atoms with Gasteiger partial charge in [-0.15, -0.1) is 0 Å². The van der Waals surface area contributed by atoms with Gasteiger partial charge in [-0.3, -0.25) is 0 Å². The highest BCUT2D eigenvalue weighted by molar-refractivity contribution is 7.89. The quantitative estimate of drug-likeness (QED) is 0.699. The van der Waals surface area contributed by atoms with E-state index in [-0.39, 0.29) is 17.5 Å². The average Bonchev–Trinajstić information content (AvgIpc) is 2.67. The summed E-state index contributed by atoms with van der Waals surface area (Å²) in [5.74, 6) is 0. The summed E-state index contributed by atoms with van der Waals surface area (Å²) in [4.78, 5) is 8.14. The fourth-order valence-electron chi connectivity index (χ4n) is 2.29. The van der Waals surface area contributed by atoms with E-state index in [4.69, 9.17) is 16.3 Å². The number of aromatic nitrogens is 2. The van der Waals surface area contributed by atoms with Gasteiger partial charge in [-0.2, -0.15) is 4.98 Å². The van der Waals surface area contributed by atoms with E-state index in [1.165, 1.54) is 13.3 Å². The number of benzene rings is 2. The molecule has 2 aromatic carbocycles. The van der Waals surface area contributed by atoms with Crippen LogP contribution in [0.4, 0.5) is 0 Å². The second-order valence-corrected chi connectivity index (χ2v) is 7.59. The summed E-state index contributed by atoms with van der Waals surface area (Å²) in [6, 6.07) is 15.8. The normalized spacial score (nSPS) is 11.3. The fraction of sp³-hybridized carbons (Fsp3) is 0.111. The lowest BCUT2D eigenvalue weighted by molar-refractivity contribution is 0.377. The van der Waals surface area contributed by atoms with Crippen molar-refractivity contribution in [2.75, 3.05) is 7.11 Å². The maximum atomic E-state index is 12.4. The molecule has 0 radical (unpaired) electrons. The highest BCUT2D eigenvalue weighted by Gasteiger charge is 2.14. The van der Waals surface area contributed by atoms with Gasteiger partial charge in [0.25, 0.3) is 0 Å². The number of nitrogens with zero attached hydrogens (tertiary/aromatic N) is 2. The Labute approximate surface area is 156 Å². The van der Waals surface area contributed by atoms with Gasteiger partial charge in [0.05, 0.1) is 24.2 Å². The van der Waals surface area contributed by atoms with E-state index >= 15 is 0 Å². The minimum absolute atomic E-state index is 0.0418. The van der Waals surface area contributed by atoms with E-state index in [2.05, 4.69) is 14.7 Å². The van der Waals surface area contributed by atoms with Crippen LogP contribution in [0.5, 0.6) is 6.01 Å².